The minimum absolute atomic E-state index is 0.0261. The van der Waals surface area contributed by atoms with Crippen LogP contribution in [-0.4, -0.2) is 16.7 Å². The Kier molecular flexibility index (Phi) is 3.36. The van der Waals surface area contributed by atoms with Crippen LogP contribution in [0.2, 0.25) is 0 Å². The van der Waals surface area contributed by atoms with Gasteiger partial charge in [0.05, 0.1) is 22.7 Å². The van der Waals surface area contributed by atoms with E-state index in [1.165, 1.54) is 0 Å². The molecule has 1 aromatic carbocycles. The number of hydrogen-bond donors (Lipinski definition) is 1. The van der Waals surface area contributed by atoms with Gasteiger partial charge in [0, 0.05) is 10.4 Å². The first-order valence-electron chi connectivity index (χ1n) is 7.04. The molecule has 4 rings (SSSR count). The maximum atomic E-state index is 11.8. The molecule has 0 saturated carbocycles. The van der Waals surface area contributed by atoms with E-state index in [9.17, 15) is 9.59 Å². The summed E-state index contributed by atoms with van der Waals surface area (Å²) in [6.07, 6.45) is 2.12. The number of ether oxygens (including phenoxy) is 1. The van der Waals surface area contributed by atoms with Gasteiger partial charge in [-0.3, -0.25) is 4.79 Å². The number of cyclic esters (lactones) is 1. The highest BCUT2D eigenvalue weighted by atomic mass is 32.1. The van der Waals surface area contributed by atoms with Gasteiger partial charge in [-0.15, -0.1) is 11.3 Å². The van der Waals surface area contributed by atoms with Crippen LogP contribution in [0.4, 0.5) is 0 Å². The van der Waals surface area contributed by atoms with Crippen LogP contribution in [-0.2, 0) is 16.1 Å². The quantitative estimate of drug-likeness (QED) is 0.516. The highest BCUT2D eigenvalue weighted by Gasteiger charge is 2.22. The van der Waals surface area contributed by atoms with E-state index < -0.39 is 0 Å². The Hall–Kier alpha value is -2.31. The number of thiophene rings is 1. The number of allylic oxidation sites excluding steroid dienone is 1. The molecule has 0 radical (unpaired) electrons. The number of benzene rings is 1. The monoisotopic (exact) mass is 341 g/mol. The second kappa shape index (κ2) is 5.40. The van der Waals surface area contributed by atoms with Crippen LogP contribution in [0.3, 0.4) is 0 Å². The van der Waals surface area contributed by atoms with Crippen LogP contribution < -0.4 is 5.32 Å². The zero-order chi connectivity index (χ0) is 16.0. The SMILES string of the molecule is O=C1CC(=S)N/C1=C/c1cc(-c2ccc3c(c2)COC3=O)cs1. The van der Waals surface area contributed by atoms with E-state index in [0.717, 1.165) is 21.6 Å². The molecule has 0 aliphatic carbocycles. The first-order valence-corrected chi connectivity index (χ1v) is 8.32. The number of carbonyl (C=O) groups is 2. The van der Waals surface area contributed by atoms with Crippen molar-refractivity contribution in [2.75, 3.05) is 0 Å². The number of nitrogens with one attached hydrogen (secondary N) is 1. The van der Waals surface area contributed by atoms with E-state index in [4.69, 9.17) is 17.0 Å². The van der Waals surface area contributed by atoms with Crippen LogP contribution in [0, 0.1) is 0 Å². The fourth-order valence-corrected chi connectivity index (χ4v) is 3.75. The highest BCUT2D eigenvalue weighted by Crippen LogP contribution is 2.31. The zero-order valence-corrected chi connectivity index (χ0v) is 13.6. The summed E-state index contributed by atoms with van der Waals surface area (Å²) in [5.41, 5.74) is 4.19. The smallest absolute Gasteiger partial charge is 0.338 e. The third-order valence-electron chi connectivity index (χ3n) is 3.82. The molecule has 6 heteroatoms. The average Bonchev–Trinajstić information content (AvgIpc) is 3.21. The van der Waals surface area contributed by atoms with Crippen molar-refractivity contribution in [1.82, 2.24) is 5.32 Å². The average molecular weight is 341 g/mol. The van der Waals surface area contributed by atoms with Crippen LogP contribution in [0.25, 0.3) is 17.2 Å². The number of Topliss-reactive ketones (excluding diaryl/α,β-unsaturated/α-hetero) is 1. The molecular formula is C17H11NO3S2. The Balaban J connectivity index is 1.64. The summed E-state index contributed by atoms with van der Waals surface area (Å²) >= 11 is 6.58. The maximum Gasteiger partial charge on any atom is 0.338 e. The Bertz CT molecular complexity index is 895. The van der Waals surface area contributed by atoms with Crippen LogP contribution in [0.15, 0.2) is 35.3 Å². The molecule has 3 heterocycles. The Morgan fingerprint density at radius 1 is 1.22 bits per heavy atom. The number of fused-ring (bicyclic) bond motifs is 1. The molecule has 0 atom stereocenters. The summed E-state index contributed by atoms with van der Waals surface area (Å²) in [6.45, 7) is 0.332. The summed E-state index contributed by atoms with van der Waals surface area (Å²) in [5.74, 6) is -0.234. The predicted molar refractivity (Wildman–Crippen MR) is 92.2 cm³/mol. The van der Waals surface area contributed by atoms with Gasteiger partial charge in [-0.25, -0.2) is 4.79 Å². The molecule has 0 unspecified atom stereocenters. The van der Waals surface area contributed by atoms with Gasteiger partial charge >= 0.3 is 5.97 Å². The van der Waals surface area contributed by atoms with Crippen molar-refractivity contribution in [3.63, 3.8) is 0 Å². The van der Waals surface area contributed by atoms with Crippen molar-refractivity contribution in [3.05, 3.63) is 51.3 Å². The van der Waals surface area contributed by atoms with Gasteiger partial charge in [-0.2, -0.15) is 0 Å². The summed E-state index contributed by atoms with van der Waals surface area (Å²) < 4.78 is 5.03. The molecule has 114 valence electrons. The van der Waals surface area contributed by atoms with Crippen molar-refractivity contribution in [2.45, 2.75) is 13.0 Å². The molecule has 0 spiro atoms. The standard InChI is InChI=1S/C17H11NO3S2/c19-15-6-16(22)18-14(15)5-12-4-11(8-23-12)9-1-2-13-10(3-9)7-21-17(13)20/h1-5,8H,6-7H2,(H,18,22)/b14-5+. The van der Waals surface area contributed by atoms with E-state index in [0.29, 0.717) is 22.9 Å². The van der Waals surface area contributed by atoms with E-state index in [1.807, 2.05) is 29.7 Å². The largest absolute Gasteiger partial charge is 0.457 e. The van der Waals surface area contributed by atoms with Crippen molar-refractivity contribution >= 4 is 46.4 Å². The summed E-state index contributed by atoms with van der Waals surface area (Å²) in [6, 6.07) is 7.72. The van der Waals surface area contributed by atoms with Crippen LogP contribution >= 0.6 is 23.6 Å². The molecule has 0 amide bonds. The van der Waals surface area contributed by atoms with Gasteiger partial charge < -0.3 is 10.1 Å². The van der Waals surface area contributed by atoms with Gasteiger partial charge in [-0.1, -0.05) is 18.3 Å². The van der Waals surface area contributed by atoms with Crippen molar-refractivity contribution in [3.8, 4) is 11.1 Å². The van der Waals surface area contributed by atoms with E-state index in [1.54, 1.807) is 17.4 Å². The lowest BCUT2D eigenvalue weighted by molar-refractivity contribution is -0.114. The lowest BCUT2D eigenvalue weighted by Gasteiger charge is -2.00. The van der Waals surface area contributed by atoms with Crippen molar-refractivity contribution in [1.29, 1.82) is 0 Å². The number of esters is 1. The number of rotatable bonds is 2. The third kappa shape index (κ3) is 2.60. The molecule has 23 heavy (non-hydrogen) atoms. The molecule has 2 aromatic rings. The second-order valence-corrected chi connectivity index (χ2v) is 6.83. The molecule has 4 nitrogen and oxygen atoms in total. The van der Waals surface area contributed by atoms with Crippen LogP contribution in [0.5, 0.6) is 0 Å². The number of thiocarbonyl (C=S) groups is 1. The Morgan fingerprint density at radius 3 is 2.87 bits per heavy atom. The molecule has 0 bridgehead atoms. The molecule has 1 saturated heterocycles. The molecule has 2 aliphatic heterocycles. The number of ketones is 1. The Labute approximate surface area is 141 Å². The fraction of sp³-hybridized carbons (Fsp3) is 0.118. The molecular weight excluding hydrogens is 330 g/mol. The van der Waals surface area contributed by atoms with Gasteiger partial charge in [0.25, 0.3) is 0 Å². The second-order valence-electron chi connectivity index (χ2n) is 5.39. The third-order valence-corrected chi connectivity index (χ3v) is 4.95. The first kappa shape index (κ1) is 14.3. The summed E-state index contributed by atoms with van der Waals surface area (Å²) in [4.78, 5) is 24.8. The summed E-state index contributed by atoms with van der Waals surface area (Å²) in [7, 11) is 0. The van der Waals surface area contributed by atoms with Gasteiger partial charge in [0.2, 0.25) is 0 Å². The molecule has 1 aromatic heterocycles. The van der Waals surface area contributed by atoms with Crippen molar-refractivity contribution < 1.29 is 14.3 Å². The zero-order valence-electron chi connectivity index (χ0n) is 11.9. The first-order chi connectivity index (χ1) is 11.1. The minimum atomic E-state index is -0.260. The topological polar surface area (TPSA) is 55.4 Å². The lowest BCUT2D eigenvalue weighted by atomic mass is 10.0. The summed E-state index contributed by atoms with van der Waals surface area (Å²) in [5, 5.41) is 4.97. The number of carbonyl (C=O) groups excluding carboxylic acids is 2. The van der Waals surface area contributed by atoms with Gasteiger partial charge in [0.15, 0.2) is 5.78 Å². The molecule has 1 N–H and O–H groups in total. The normalized spacial score (nSPS) is 18.3. The van der Waals surface area contributed by atoms with Crippen molar-refractivity contribution in [2.24, 2.45) is 0 Å². The minimum Gasteiger partial charge on any atom is -0.457 e. The highest BCUT2D eigenvalue weighted by molar-refractivity contribution is 7.80. The predicted octanol–water partition coefficient (Wildman–Crippen LogP) is 3.32. The molecule has 1 fully saturated rings. The van der Waals surface area contributed by atoms with E-state index >= 15 is 0 Å². The fourth-order valence-electron chi connectivity index (χ4n) is 2.66. The van der Waals surface area contributed by atoms with Gasteiger partial charge in [-0.05, 0) is 40.8 Å². The Morgan fingerprint density at radius 2 is 2.09 bits per heavy atom. The van der Waals surface area contributed by atoms with E-state index in [-0.39, 0.29) is 18.2 Å². The van der Waals surface area contributed by atoms with Gasteiger partial charge in [0.1, 0.15) is 6.61 Å². The molecule has 2 aliphatic rings. The lowest BCUT2D eigenvalue weighted by Crippen LogP contribution is -2.10. The number of hydrogen-bond acceptors (Lipinski definition) is 5. The van der Waals surface area contributed by atoms with E-state index in [2.05, 4.69) is 5.32 Å². The van der Waals surface area contributed by atoms with Crippen LogP contribution in [0.1, 0.15) is 27.2 Å². The maximum absolute atomic E-state index is 11.8.